The Morgan fingerprint density at radius 3 is 2.52 bits per heavy atom. The Labute approximate surface area is 150 Å². The molecule has 1 amide bonds. The van der Waals surface area contributed by atoms with Gasteiger partial charge in [-0.2, -0.15) is 4.31 Å². The third-order valence-electron chi connectivity index (χ3n) is 5.48. The lowest BCUT2D eigenvalue weighted by atomic mass is 9.86. The van der Waals surface area contributed by atoms with Gasteiger partial charge in [0.15, 0.2) is 0 Å². The van der Waals surface area contributed by atoms with Crippen molar-refractivity contribution in [2.75, 3.05) is 13.1 Å². The van der Waals surface area contributed by atoms with E-state index in [1.807, 2.05) is 0 Å². The molecular formula is C19H28N2O3S. The van der Waals surface area contributed by atoms with Crippen LogP contribution in [0.4, 0.5) is 0 Å². The van der Waals surface area contributed by atoms with Gasteiger partial charge in [0.25, 0.3) is 5.91 Å². The van der Waals surface area contributed by atoms with Gasteiger partial charge in [-0.1, -0.05) is 32.3 Å². The molecule has 1 aromatic rings. The molecule has 6 heteroatoms. The minimum atomic E-state index is -3.51. The second-order valence-corrected chi connectivity index (χ2v) is 9.27. The van der Waals surface area contributed by atoms with Crippen LogP contribution in [-0.2, 0) is 10.0 Å². The van der Waals surface area contributed by atoms with Gasteiger partial charge in [-0.25, -0.2) is 8.42 Å². The summed E-state index contributed by atoms with van der Waals surface area (Å²) in [4.78, 5) is 12.8. The number of carbonyl (C=O) groups excluding carboxylic acids is 1. The maximum absolute atomic E-state index is 12.8. The summed E-state index contributed by atoms with van der Waals surface area (Å²) in [5.41, 5.74) is 0.427. The number of carbonyl (C=O) groups is 1. The largest absolute Gasteiger partial charge is 0.349 e. The fourth-order valence-electron chi connectivity index (χ4n) is 3.83. The zero-order valence-electron chi connectivity index (χ0n) is 14.9. The van der Waals surface area contributed by atoms with Crippen molar-refractivity contribution >= 4 is 15.9 Å². The molecule has 1 heterocycles. The highest BCUT2D eigenvalue weighted by atomic mass is 32.2. The smallest absolute Gasteiger partial charge is 0.251 e. The Kier molecular flexibility index (Phi) is 5.79. The van der Waals surface area contributed by atoms with Gasteiger partial charge in [0.05, 0.1) is 4.90 Å². The van der Waals surface area contributed by atoms with Crippen molar-refractivity contribution in [1.29, 1.82) is 0 Å². The molecule has 1 saturated carbocycles. The molecule has 1 aliphatic heterocycles. The van der Waals surface area contributed by atoms with E-state index < -0.39 is 10.0 Å². The molecule has 0 radical (unpaired) electrons. The van der Waals surface area contributed by atoms with Gasteiger partial charge in [-0.3, -0.25) is 4.79 Å². The normalized spacial score (nSPS) is 25.5. The average Bonchev–Trinajstić information content (AvgIpc) is 2.64. The van der Waals surface area contributed by atoms with Crippen LogP contribution in [-0.4, -0.2) is 37.8 Å². The molecule has 0 unspecified atom stereocenters. The molecule has 0 bridgehead atoms. The van der Waals surface area contributed by atoms with Gasteiger partial charge in [0.1, 0.15) is 0 Å². The molecule has 25 heavy (non-hydrogen) atoms. The highest BCUT2D eigenvalue weighted by Crippen LogP contribution is 2.25. The van der Waals surface area contributed by atoms with Crippen molar-refractivity contribution in [3.05, 3.63) is 29.8 Å². The SMILES string of the molecule is C[C@@H]1CCCC[C@H]1NC(=O)c1cccc(S(=O)(=O)N2CCCCC2)c1. The molecule has 1 saturated heterocycles. The Morgan fingerprint density at radius 2 is 1.80 bits per heavy atom. The van der Waals surface area contributed by atoms with Crippen molar-refractivity contribution < 1.29 is 13.2 Å². The first-order chi connectivity index (χ1) is 12.0. The van der Waals surface area contributed by atoms with Crippen LogP contribution in [0.1, 0.15) is 62.2 Å². The summed E-state index contributed by atoms with van der Waals surface area (Å²) >= 11 is 0. The van der Waals surface area contributed by atoms with Gasteiger partial charge in [-0.15, -0.1) is 0 Å². The van der Waals surface area contributed by atoms with Gasteiger partial charge in [-0.05, 0) is 49.8 Å². The Hall–Kier alpha value is -1.40. The van der Waals surface area contributed by atoms with Crippen LogP contribution in [0.15, 0.2) is 29.2 Å². The lowest BCUT2D eigenvalue weighted by Crippen LogP contribution is -2.41. The predicted octanol–water partition coefficient (Wildman–Crippen LogP) is 3.17. The first kappa shape index (κ1) is 18.4. The number of sulfonamides is 1. The van der Waals surface area contributed by atoms with Crippen molar-refractivity contribution in [2.45, 2.75) is 62.8 Å². The standard InChI is InChI=1S/C19H28N2O3S/c1-15-8-3-4-11-18(15)20-19(22)16-9-7-10-17(14-16)25(23,24)21-12-5-2-6-13-21/h7,9-10,14-15,18H,2-6,8,11-13H2,1H3,(H,20,22)/t15-,18-/m1/s1. The molecule has 138 valence electrons. The lowest BCUT2D eigenvalue weighted by molar-refractivity contribution is 0.0910. The maximum atomic E-state index is 12.8. The summed E-state index contributed by atoms with van der Waals surface area (Å²) in [6.07, 6.45) is 7.37. The summed E-state index contributed by atoms with van der Waals surface area (Å²) in [6.45, 7) is 3.30. The monoisotopic (exact) mass is 364 g/mol. The number of benzene rings is 1. The number of rotatable bonds is 4. The van der Waals surface area contributed by atoms with E-state index in [9.17, 15) is 13.2 Å². The van der Waals surface area contributed by atoms with Crippen LogP contribution in [0.5, 0.6) is 0 Å². The molecule has 2 atom stereocenters. The Morgan fingerprint density at radius 1 is 1.08 bits per heavy atom. The zero-order valence-corrected chi connectivity index (χ0v) is 15.7. The Balaban J connectivity index is 1.75. The number of amides is 1. The number of hydrogen-bond acceptors (Lipinski definition) is 3. The summed E-state index contributed by atoms with van der Waals surface area (Å²) in [5.74, 6) is 0.299. The van der Waals surface area contributed by atoms with Crippen molar-refractivity contribution in [3.8, 4) is 0 Å². The van der Waals surface area contributed by atoms with E-state index >= 15 is 0 Å². The number of nitrogens with zero attached hydrogens (tertiary/aromatic N) is 1. The second kappa shape index (κ2) is 7.87. The fraction of sp³-hybridized carbons (Fsp3) is 0.632. The van der Waals surface area contributed by atoms with Crippen LogP contribution < -0.4 is 5.32 Å². The second-order valence-electron chi connectivity index (χ2n) is 7.33. The summed E-state index contributed by atoms with van der Waals surface area (Å²) in [6, 6.07) is 6.65. The van der Waals surface area contributed by atoms with Crippen LogP contribution in [0.25, 0.3) is 0 Å². The van der Waals surface area contributed by atoms with Crippen LogP contribution in [0.3, 0.4) is 0 Å². The van der Waals surface area contributed by atoms with Gasteiger partial charge in [0.2, 0.25) is 10.0 Å². The van der Waals surface area contributed by atoms with Crippen molar-refractivity contribution in [3.63, 3.8) is 0 Å². The fourth-order valence-corrected chi connectivity index (χ4v) is 5.40. The average molecular weight is 365 g/mol. The van der Waals surface area contributed by atoms with Crippen molar-refractivity contribution in [2.24, 2.45) is 5.92 Å². The van der Waals surface area contributed by atoms with E-state index in [1.54, 1.807) is 18.2 Å². The maximum Gasteiger partial charge on any atom is 0.251 e. The zero-order chi connectivity index (χ0) is 17.9. The van der Waals surface area contributed by atoms with Crippen molar-refractivity contribution in [1.82, 2.24) is 9.62 Å². The molecular weight excluding hydrogens is 336 g/mol. The first-order valence-electron chi connectivity index (χ1n) is 9.39. The van der Waals surface area contributed by atoms with E-state index in [4.69, 9.17) is 0 Å². The third-order valence-corrected chi connectivity index (χ3v) is 7.37. The topological polar surface area (TPSA) is 66.5 Å². The van der Waals surface area contributed by atoms with Crippen LogP contribution >= 0.6 is 0 Å². The molecule has 1 aromatic carbocycles. The Bertz CT molecular complexity index is 711. The van der Waals surface area contributed by atoms with E-state index in [0.29, 0.717) is 24.6 Å². The number of nitrogens with one attached hydrogen (secondary N) is 1. The number of hydrogen-bond donors (Lipinski definition) is 1. The highest BCUT2D eigenvalue weighted by Gasteiger charge is 2.27. The molecule has 1 N–H and O–H groups in total. The minimum absolute atomic E-state index is 0.172. The number of piperidine rings is 1. The summed E-state index contributed by atoms with van der Waals surface area (Å²) in [5, 5.41) is 3.10. The van der Waals surface area contributed by atoms with Gasteiger partial charge in [0, 0.05) is 24.7 Å². The quantitative estimate of drug-likeness (QED) is 0.892. The van der Waals surface area contributed by atoms with Gasteiger partial charge < -0.3 is 5.32 Å². The predicted molar refractivity (Wildman–Crippen MR) is 97.9 cm³/mol. The molecule has 5 nitrogen and oxygen atoms in total. The van der Waals surface area contributed by atoms with E-state index in [-0.39, 0.29) is 16.8 Å². The summed E-state index contributed by atoms with van der Waals surface area (Å²) < 4.78 is 27.1. The molecule has 0 spiro atoms. The molecule has 1 aliphatic carbocycles. The van der Waals surface area contributed by atoms with E-state index in [1.165, 1.54) is 16.8 Å². The van der Waals surface area contributed by atoms with Gasteiger partial charge >= 0.3 is 0 Å². The molecule has 2 fully saturated rings. The molecule has 3 rings (SSSR count). The highest BCUT2D eigenvalue weighted by molar-refractivity contribution is 7.89. The third kappa shape index (κ3) is 4.23. The van der Waals surface area contributed by atoms with Crippen LogP contribution in [0, 0.1) is 5.92 Å². The molecule has 2 aliphatic rings. The molecule has 0 aromatic heterocycles. The minimum Gasteiger partial charge on any atom is -0.349 e. The summed E-state index contributed by atoms with van der Waals surface area (Å²) in [7, 11) is -3.51. The van der Waals surface area contributed by atoms with Crippen LogP contribution in [0.2, 0.25) is 0 Å². The lowest BCUT2D eigenvalue weighted by Gasteiger charge is -2.29. The first-order valence-corrected chi connectivity index (χ1v) is 10.8. The van der Waals surface area contributed by atoms with E-state index in [0.717, 1.165) is 38.5 Å². The van der Waals surface area contributed by atoms with E-state index in [2.05, 4.69) is 12.2 Å².